The van der Waals surface area contributed by atoms with Crippen molar-refractivity contribution in [3.63, 3.8) is 0 Å². The summed E-state index contributed by atoms with van der Waals surface area (Å²) in [5, 5.41) is 2.97. The number of halogens is 1. The molecule has 0 spiro atoms. The summed E-state index contributed by atoms with van der Waals surface area (Å²) in [5.41, 5.74) is 0.862. The normalized spacial score (nSPS) is 11.7. The Kier molecular flexibility index (Phi) is 7.13. The molecule has 0 fully saturated rings. The maximum atomic E-state index is 12.9. The van der Waals surface area contributed by atoms with Crippen LogP contribution in [-0.2, 0) is 4.79 Å². The predicted octanol–water partition coefficient (Wildman–Crippen LogP) is 4.20. The molecule has 0 radical (unpaired) electrons. The SMILES string of the molecule is COc1ccc(OC)c(C(C)NC(=O)CCSc2ccc(F)cc2)c1. The van der Waals surface area contributed by atoms with Crippen molar-refractivity contribution in [3.8, 4) is 11.5 Å². The predicted molar refractivity (Wildman–Crippen MR) is 97.8 cm³/mol. The molecule has 0 aliphatic rings. The Morgan fingerprint density at radius 2 is 1.88 bits per heavy atom. The van der Waals surface area contributed by atoms with Gasteiger partial charge in [0.2, 0.25) is 5.91 Å². The van der Waals surface area contributed by atoms with Gasteiger partial charge in [-0.05, 0) is 49.4 Å². The number of carbonyl (C=O) groups is 1. The minimum atomic E-state index is -0.261. The van der Waals surface area contributed by atoms with Gasteiger partial charge in [0.1, 0.15) is 17.3 Å². The largest absolute Gasteiger partial charge is 0.497 e. The van der Waals surface area contributed by atoms with Gasteiger partial charge < -0.3 is 14.8 Å². The first-order valence-corrected chi connectivity index (χ1v) is 8.91. The molecule has 0 aliphatic carbocycles. The minimum Gasteiger partial charge on any atom is -0.497 e. The topological polar surface area (TPSA) is 47.6 Å². The second-order valence-corrected chi connectivity index (χ2v) is 6.62. The Labute approximate surface area is 151 Å². The molecule has 0 aliphatic heterocycles. The lowest BCUT2D eigenvalue weighted by molar-refractivity contribution is -0.121. The number of hydrogen-bond acceptors (Lipinski definition) is 4. The molecular weight excluding hydrogens is 341 g/mol. The van der Waals surface area contributed by atoms with Crippen LogP contribution in [0.15, 0.2) is 47.4 Å². The maximum Gasteiger partial charge on any atom is 0.221 e. The van der Waals surface area contributed by atoms with Crippen LogP contribution in [0.3, 0.4) is 0 Å². The van der Waals surface area contributed by atoms with Crippen LogP contribution >= 0.6 is 11.8 Å². The molecule has 0 bridgehead atoms. The summed E-state index contributed by atoms with van der Waals surface area (Å²) in [6.45, 7) is 1.91. The van der Waals surface area contributed by atoms with Crippen LogP contribution < -0.4 is 14.8 Å². The summed E-state index contributed by atoms with van der Waals surface area (Å²) in [4.78, 5) is 13.1. The highest BCUT2D eigenvalue weighted by Gasteiger charge is 2.15. The monoisotopic (exact) mass is 363 g/mol. The van der Waals surface area contributed by atoms with Gasteiger partial charge in [0.25, 0.3) is 0 Å². The summed E-state index contributed by atoms with van der Waals surface area (Å²) < 4.78 is 23.5. The third kappa shape index (κ3) is 5.67. The first-order chi connectivity index (χ1) is 12.0. The summed E-state index contributed by atoms with van der Waals surface area (Å²) in [6.07, 6.45) is 0.374. The van der Waals surface area contributed by atoms with E-state index in [0.29, 0.717) is 23.7 Å². The molecule has 134 valence electrons. The third-order valence-corrected chi connectivity index (χ3v) is 4.71. The van der Waals surface area contributed by atoms with Gasteiger partial charge in [-0.1, -0.05) is 0 Å². The number of nitrogens with one attached hydrogen (secondary N) is 1. The number of methoxy groups -OCH3 is 2. The highest BCUT2D eigenvalue weighted by atomic mass is 32.2. The Balaban J connectivity index is 1.88. The van der Waals surface area contributed by atoms with E-state index in [1.807, 2.05) is 25.1 Å². The number of hydrogen-bond donors (Lipinski definition) is 1. The van der Waals surface area contributed by atoms with E-state index < -0.39 is 0 Å². The van der Waals surface area contributed by atoms with Gasteiger partial charge in [-0.15, -0.1) is 11.8 Å². The quantitative estimate of drug-likeness (QED) is 0.714. The molecule has 0 aromatic heterocycles. The number of benzene rings is 2. The van der Waals surface area contributed by atoms with Gasteiger partial charge in [-0.2, -0.15) is 0 Å². The molecule has 1 atom stereocenters. The fraction of sp³-hybridized carbons (Fsp3) is 0.316. The van der Waals surface area contributed by atoms with E-state index >= 15 is 0 Å². The van der Waals surface area contributed by atoms with E-state index in [1.165, 1.54) is 23.9 Å². The van der Waals surface area contributed by atoms with Crippen LogP contribution in [0.4, 0.5) is 4.39 Å². The Hall–Kier alpha value is -2.21. The zero-order chi connectivity index (χ0) is 18.2. The third-order valence-electron chi connectivity index (χ3n) is 3.69. The molecule has 2 aromatic carbocycles. The molecule has 0 saturated heterocycles. The smallest absolute Gasteiger partial charge is 0.221 e. The van der Waals surface area contributed by atoms with Crippen molar-refractivity contribution in [2.75, 3.05) is 20.0 Å². The van der Waals surface area contributed by atoms with Crippen LogP contribution in [-0.4, -0.2) is 25.9 Å². The van der Waals surface area contributed by atoms with Crippen LogP contribution in [0.2, 0.25) is 0 Å². The lowest BCUT2D eigenvalue weighted by Crippen LogP contribution is -2.27. The first kappa shape index (κ1) is 19.1. The van der Waals surface area contributed by atoms with Crippen molar-refractivity contribution in [1.29, 1.82) is 0 Å². The van der Waals surface area contributed by atoms with Gasteiger partial charge in [-0.3, -0.25) is 4.79 Å². The molecule has 2 aromatic rings. The van der Waals surface area contributed by atoms with Crippen molar-refractivity contribution in [2.45, 2.75) is 24.3 Å². The maximum absolute atomic E-state index is 12.9. The second kappa shape index (κ2) is 9.32. The molecule has 1 N–H and O–H groups in total. The fourth-order valence-corrected chi connectivity index (χ4v) is 3.21. The van der Waals surface area contributed by atoms with E-state index in [0.717, 1.165) is 10.5 Å². The van der Waals surface area contributed by atoms with Crippen molar-refractivity contribution in [3.05, 3.63) is 53.8 Å². The molecular formula is C19H22FNO3S. The highest BCUT2D eigenvalue weighted by molar-refractivity contribution is 7.99. The van der Waals surface area contributed by atoms with E-state index in [2.05, 4.69) is 5.32 Å². The van der Waals surface area contributed by atoms with Gasteiger partial charge in [0.05, 0.1) is 20.3 Å². The number of carbonyl (C=O) groups excluding carboxylic acids is 1. The van der Waals surface area contributed by atoms with Crippen LogP contribution in [0.25, 0.3) is 0 Å². The summed E-state index contributed by atoms with van der Waals surface area (Å²) in [6, 6.07) is 11.5. The molecule has 2 rings (SSSR count). The van der Waals surface area contributed by atoms with Gasteiger partial charge >= 0.3 is 0 Å². The van der Waals surface area contributed by atoms with Crippen molar-refractivity contribution < 1.29 is 18.7 Å². The average molecular weight is 363 g/mol. The molecule has 4 nitrogen and oxygen atoms in total. The zero-order valence-corrected chi connectivity index (χ0v) is 15.4. The lowest BCUT2D eigenvalue weighted by Gasteiger charge is -2.18. The molecule has 0 saturated carbocycles. The molecule has 25 heavy (non-hydrogen) atoms. The van der Waals surface area contributed by atoms with Crippen molar-refractivity contribution >= 4 is 17.7 Å². The number of rotatable bonds is 8. The van der Waals surface area contributed by atoms with Gasteiger partial charge in [0, 0.05) is 22.6 Å². The average Bonchev–Trinajstić information content (AvgIpc) is 2.62. The van der Waals surface area contributed by atoms with E-state index in [-0.39, 0.29) is 17.8 Å². The highest BCUT2D eigenvalue weighted by Crippen LogP contribution is 2.29. The van der Waals surface area contributed by atoms with Gasteiger partial charge in [-0.25, -0.2) is 4.39 Å². The van der Waals surface area contributed by atoms with Crippen molar-refractivity contribution in [1.82, 2.24) is 5.32 Å². The van der Waals surface area contributed by atoms with E-state index in [1.54, 1.807) is 26.4 Å². The summed E-state index contributed by atoms with van der Waals surface area (Å²) >= 11 is 1.52. The molecule has 1 unspecified atom stereocenters. The van der Waals surface area contributed by atoms with Crippen LogP contribution in [0.1, 0.15) is 24.9 Å². The fourth-order valence-electron chi connectivity index (χ4n) is 2.36. The minimum absolute atomic E-state index is 0.0491. The zero-order valence-electron chi connectivity index (χ0n) is 14.5. The summed E-state index contributed by atoms with van der Waals surface area (Å²) in [7, 11) is 3.20. The number of amides is 1. The van der Waals surface area contributed by atoms with Crippen LogP contribution in [0.5, 0.6) is 11.5 Å². The standard InChI is InChI=1S/C19H22FNO3S/c1-13(17-12-15(23-2)6-9-18(17)24-3)21-19(22)10-11-25-16-7-4-14(20)5-8-16/h4-9,12-13H,10-11H2,1-3H3,(H,21,22). The van der Waals surface area contributed by atoms with Crippen molar-refractivity contribution in [2.24, 2.45) is 0 Å². The van der Waals surface area contributed by atoms with Crippen LogP contribution in [0, 0.1) is 5.82 Å². The van der Waals surface area contributed by atoms with Gasteiger partial charge in [0.15, 0.2) is 0 Å². The summed E-state index contributed by atoms with van der Waals surface area (Å²) in [5.74, 6) is 1.73. The second-order valence-electron chi connectivity index (χ2n) is 5.45. The van der Waals surface area contributed by atoms with E-state index in [4.69, 9.17) is 9.47 Å². The Morgan fingerprint density at radius 1 is 1.16 bits per heavy atom. The lowest BCUT2D eigenvalue weighted by atomic mass is 10.1. The Bertz CT molecular complexity index is 706. The first-order valence-electron chi connectivity index (χ1n) is 7.93. The Morgan fingerprint density at radius 3 is 2.52 bits per heavy atom. The number of ether oxygens (including phenoxy) is 2. The molecule has 6 heteroatoms. The van der Waals surface area contributed by atoms with E-state index in [9.17, 15) is 9.18 Å². The number of thioether (sulfide) groups is 1. The molecule has 0 heterocycles. The molecule has 1 amide bonds.